The Morgan fingerprint density at radius 3 is 0.471 bits per heavy atom. The van der Waals surface area contributed by atoms with Gasteiger partial charge in [-0.2, -0.15) is 0 Å². The fraction of sp³-hybridized carbons (Fsp3) is 0.0526. The molecular formula is C19HCl15. The van der Waals surface area contributed by atoms with E-state index in [0.717, 1.165) is 0 Å². The van der Waals surface area contributed by atoms with Gasteiger partial charge in [-0.05, 0) is 0 Å². The summed E-state index contributed by atoms with van der Waals surface area (Å²) in [5.41, 5.74) is 0.123. The largest absolute Gasteiger partial charge is 0.0823 e. The first kappa shape index (κ1) is 30.6. The van der Waals surface area contributed by atoms with Crippen molar-refractivity contribution in [3.63, 3.8) is 0 Å². The molecule has 0 aliphatic heterocycles. The minimum absolute atomic E-state index is 0.0410. The second kappa shape index (κ2) is 11.6. The van der Waals surface area contributed by atoms with E-state index < -0.39 is 5.92 Å². The third kappa shape index (κ3) is 5.01. The number of halogens is 15. The number of hydrogen-bond acceptors (Lipinski definition) is 0. The van der Waals surface area contributed by atoms with E-state index in [-0.39, 0.29) is 92.0 Å². The SMILES string of the molecule is Clc1c(Cl)c(Cl)c(C(c2c(Cl)c(Cl)c(Cl)c(Cl)c2Cl)c2c(Cl)c(Cl)c(Cl)c(Cl)c2Cl)c(Cl)c1Cl. The summed E-state index contributed by atoms with van der Waals surface area (Å²) in [6.45, 7) is 0. The van der Waals surface area contributed by atoms with E-state index in [1.807, 2.05) is 0 Å². The van der Waals surface area contributed by atoms with Gasteiger partial charge < -0.3 is 0 Å². The van der Waals surface area contributed by atoms with Crippen LogP contribution >= 0.6 is 174 Å². The van der Waals surface area contributed by atoms with Gasteiger partial charge >= 0.3 is 0 Å². The average Bonchev–Trinajstić information content (AvgIpc) is 2.81. The van der Waals surface area contributed by atoms with Crippen LogP contribution in [0, 0.1) is 0 Å². The zero-order chi connectivity index (χ0) is 26.0. The van der Waals surface area contributed by atoms with Crippen LogP contribution in [0.2, 0.25) is 75.3 Å². The van der Waals surface area contributed by atoms with Crippen molar-refractivity contribution in [2.45, 2.75) is 5.92 Å². The zero-order valence-electron chi connectivity index (χ0n) is 15.2. The highest BCUT2D eigenvalue weighted by molar-refractivity contribution is 6.58. The second-order valence-corrected chi connectivity index (χ2v) is 12.1. The first-order valence-electron chi connectivity index (χ1n) is 8.20. The number of benzene rings is 3. The summed E-state index contributed by atoms with van der Waals surface area (Å²) < 4.78 is 0. The molecule has 3 aromatic carbocycles. The normalized spacial score (nSPS) is 11.6. The maximum Gasteiger partial charge on any atom is 0.0809 e. The van der Waals surface area contributed by atoms with Crippen LogP contribution in [-0.2, 0) is 0 Å². The topological polar surface area (TPSA) is 0 Å². The third-order valence-corrected chi connectivity index (χ3v) is 11.5. The van der Waals surface area contributed by atoms with Crippen molar-refractivity contribution in [3.8, 4) is 0 Å². The molecule has 0 saturated carbocycles. The lowest BCUT2D eigenvalue weighted by Gasteiger charge is -2.28. The summed E-state index contributed by atoms with van der Waals surface area (Å²) in [4.78, 5) is 0. The van der Waals surface area contributed by atoms with Crippen molar-refractivity contribution in [2.24, 2.45) is 0 Å². The van der Waals surface area contributed by atoms with Crippen LogP contribution in [0.4, 0.5) is 0 Å². The Balaban J connectivity index is 2.68. The van der Waals surface area contributed by atoms with E-state index in [2.05, 4.69) is 0 Å². The molecule has 3 rings (SSSR count). The van der Waals surface area contributed by atoms with Crippen LogP contribution in [0.15, 0.2) is 0 Å². The zero-order valence-corrected chi connectivity index (χ0v) is 26.6. The van der Waals surface area contributed by atoms with Gasteiger partial charge in [-0.25, -0.2) is 0 Å². The summed E-state index contributed by atoms with van der Waals surface area (Å²) in [6, 6.07) is 0. The predicted molar refractivity (Wildman–Crippen MR) is 155 cm³/mol. The van der Waals surface area contributed by atoms with Crippen molar-refractivity contribution < 1.29 is 0 Å². The Morgan fingerprint density at radius 2 is 0.324 bits per heavy atom. The van der Waals surface area contributed by atoms with Crippen molar-refractivity contribution in [1.82, 2.24) is 0 Å². The molecule has 0 N–H and O–H groups in total. The lowest BCUT2D eigenvalue weighted by atomic mass is 9.84. The van der Waals surface area contributed by atoms with Gasteiger partial charge in [0.05, 0.1) is 75.3 Å². The van der Waals surface area contributed by atoms with Gasteiger partial charge in [0.15, 0.2) is 0 Å². The fourth-order valence-electron chi connectivity index (χ4n) is 3.06. The molecule has 34 heavy (non-hydrogen) atoms. The number of hydrogen-bond donors (Lipinski definition) is 0. The van der Waals surface area contributed by atoms with E-state index in [1.165, 1.54) is 0 Å². The predicted octanol–water partition coefficient (Wildman–Crippen LogP) is 14.7. The Morgan fingerprint density at radius 1 is 0.206 bits per heavy atom. The van der Waals surface area contributed by atoms with Crippen LogP contribution in [-0.4, -0.2) is 0 Å². The lowest BCUT2D eigenvalue weighted by molar-refractivity contribution is 0.979. The van der Waals surface area contributed by atoms with Crippen LogP contribution < -0.4 is 0 Å². The molecule has 0 atom stereocenters. The van der Waals surface area contributed by atoms with E-state index in [1.54, 1.807) is 0 Å². The monoisotopic (exact) mass is 754 g/mol. The molecule has 0 radical (unpaired) electrons. The molecular weight excluding hydrogens is 760 g/mol. The maximum atomic E-state index is 6.59. The van der Waals surface area contributed by atoms with Crippen LogP contribution in [0.25, 0.3) is 0 Å². The Kier molecular flexibility index (Phi) is 10.4. The summed E-state index contributed by atoms with van der Waals surface area (Å²) >= 11 is 96.0. The molecule has 0 fully saturated rings. The first-order valence-corrected chi connectivity index (χ1v) is 13.9. The highest BCUT2D eigenvalue weighted by atomic mass is 35.5. The van der Waals surface area contributed by atoms with Crippen LogP contribution in [0.1, 0.15) is 22.6 Å². The summed E-state index contributed by atoms with van der Waals surface area (Å²) in [5, 5.41) is -1.87. The van der Waals surface area contributed by atoms with E-state index in [4.69, 9.17) is 174 Å². The van der Waals surface area contributed by atoms with Gasteiger partial charge in [0.1, 0.15) is 0 Å². The highest BCUT2D eigenvalue weighted by Crippen LogP contribution is 2.58. The number of rotatable bonds is 3. The van der Waals surface area contributed by atoms with Crippen molar-refractivity contribution in [1.29, 1.82) is 0 Å². The van der Waals surface area contributed by atoms with Gasteiger partial charge in [-0.15, -0.1) is 0 Å². The van der Waals surface area contributed by atoms with Crippen LogP contribution in [0.3, 0.4) is 0 Å². The van der Waals surface area contributed by atoms with Crippen molar-refractivity contribution >= 4 is 174 Å². The molecule has 0 heterocycles. The second-order valence-electron chi connectivity index (χ2n) is 6.38. The molecule has 3 aromatic rings. The van der Waals surface area contributed by atoms with Gasteiger partial charge in [0.2, 0.25) is 0 Å². The molecule has 0 bridgehead atoms. The Hall–Kier alpha value is 2.01. The Labute approximate surface area is 268 Å². The maximum absolute atomic E-state index is 6.59. The molecule has 0 saturated heterocycles. The highest BCUT2D eigenvalue weighted by Gasteiger charge is 2.37. The average molecular weight is 761 g/mol. The summed E-state index contributed by atoms with van der Waals surface area (Å²) in [6.07, 6.45) is 0. The molecule has 0 aliphatic rings. The minimum Gasteiger partial charge on any atom is -0.0823 e. The first-order chi connectivity index (χ1) is 15.7. The van der Waals surface area contributed by atoms with Gasteiger partial charge in [0, 0.05) is 22.6 Å². The van der Waals surface area contributed by atoms with Crippen molar-refractivity contribution in [3.05, 3.63) is 92.0 Å². The minimum atomic E-state index is -1.24. The van der Waals surface area contributed by atoms with E-state index in [0.29, 0.717) is 0 Å². The lowest BCUT2D eigenvalue weighted by Crippen LogP contribution is -2.10. The third-order valence-electron chi connectivity index (χ3n) is 4.60. The molecule has 0 amide bonds. The molecule has 0 aliphatic carbocycles. The van der Waals surface area contributed by atoms with E-state index >= 15 is 0 Å². The summed E-state index contributed by atoms with van der Waals surface area (Å²) in [5.74, 6) is -1.24. The van der Waals surface area contributed by atoms with Crippen LogP contribution in [0.5, 0.6) is 0 Å². The molecule has 0 nitrogen and oxygen atoms in total. The molecule has 182 valence electrons. The van der Waals surface area contributed by atoms with Gasteiger partial charge in [-0.1, -0.05) is 174 Å². The molecule has 15 heteroatoms. The quantitative estimate of drug-likeness (QED) is 0.142. The molecule has 0 spiro atoms. The fourth-order valence-corrected chi connectivity index (χ4v) is 7.17. The molecule has 0 aromatic heterocycles. The van der Waals surface area contributed by atoms with Crippen molar-refractivity contribution in [2.75, 3.05) is 0 Å². The van der Waals surface area contributed by atoms with E-state index in [9.17, 15) is 0 Å². The Bertz CT molecular complexity index is 1110. The van der Waals surface area contributed by atoms with Gasteiger partial charge in [-0.3, -0.25) is 0 Å². The smallest absolute Gasteiger partial charge is 0.0809 e. The standard InChI is InChI=1S/C19HCl15/c20-5-2(6(21)12(27)17(32)11(5)26)1(3-7(22)13(28)18(33)14(29)8(3)23)4-9(24)15(30)19(34)16(31)10(4)25/h1H. The molecule has 0 unspecified atom stereocenters. The summed E-state index contributed by atoms with van der Waals surface area (Å²) in [7, 11) is 0. The van der Waals surface area contributed by atoms with Gasteiger partial charge in [0.25, 0.3) is 0 Å².